The number of carboxylic acids is 1. The van der Waals surface area contributed by atoms with Crippen molar-refractivity contribution in [3.8, 4) is 0 Å². The van der Waals surface area contributed by atoms with Gasteiger partial charge in [-0.2, -0.15) is 0 Å². The Labute approximate surface area is 99.8 Å². The quantitative estimate of drug-likeness (QED) is 0.755. The van der Waals surface area contributed by atoms with Crippen molar-refractivity contribution < 1.29 is 14.7 Å². The summed E-state index contributed by atoms with van der Waals surface area (Å²) in [5.41, 5.74) is 2.54. The second-order valence-electron chi connectivity index (χ2n) is 4.56. The van der Waals surface area contributed by atoms with E-state index < -0.39 is 5.97 Å². The molecule has 0 atom stereocenters. The lowest BCUT2D eigenvalue weighted by atomic mass is 10.1. The minimum absolute atomic E-state index is 0.0738. The van der Waals surface area contributed by atoms with Crippen LogP contribution in [0.1, 0.15) is 33.1 Å². The molecule has 2 rings (SSSR count). The number of carbonyl (C=O) groups excluding carboxylic acids is 1. The van der Waals surface area contributed by atoms with E-state index in [0.29, 0.717) is 5.82 Å². The van der Waals surface area contributed by atoms with Gasteiger partial charge in [0.1, 0.15) is 12.4 Å². The van der Waals surface area contributed by atoms with Crippen molar-refractivity contribution in [2.75, 3.05) is 6.54 Å². The van der Waals surface area contributed by atoms with Crippen LogP contribution in [0.2, 0.25) is 0 Å². The Balaban J connectivity index is 2.44. The molecule has 5 nitrogen and oxygen atoms in total. The Bertz CT molecular complexity index is 445. The second-order valence-corrected chi connectivity index (χ2v) is 4.56. The van der Waals surface area contributed by atoms with Gasteiger partial charge < -0.3 is 15.3 Å². The number of hydrogen-bond acceptors (Lipinski definition) is 3. The normalized spacial score (nSPS) is 19.3. The first kappa shape index (κ1) is 11.7. The second kappa shape index (κ2) is 4.24. The van der Waals surface area contributed by atoms with E-state index in [2.05, 4.69) is 5.32 Å². The van der Waals surface area contributed by atoms with Crippen molar-refractivity contribution in [3.05, 3.63) is 22.7 Å². The number of carbonyl (C=O) groups is 2. The number of nitrogens with one attached hydrogen (secondary N) is 1. The van der Waals surface area contributed by atoms with Crippen LogP contribution in [0.3, 0.4) is 0 Å². The van der Waals surface area contributed by atoms with Crippen LogP contribution in [0.5, 0.6) is 0 Å². The smallest absolute Gasteiger partial charge is 0.323 e. The molecule has 0 radical (unpaired) electrons. The third-order valence-electron chi connectivity index (χ3n) is 3.06. The van der Waals surface area contributed by atoms with E-state index in [1.165, 1.54) is 0 Å². The molecule has 0 aromatic heterocycles. The highest BCUT2D eigenvalue weighted by molar-refractivity contribution is 5.97. The van der Waals surface area contributed by atoms with E-state index in [0.717, 1.165) is 36.1 Å². The molecule has 0 fully saturated rings. The molecule has 1 aliphatic carbocycles. The number of allylic oxidation sites excluding steroid dienone is 2. The first-order chi connectivity index (χ1) is 8.00. The van der Waals surface area contributed by atoms with Crippen LogP contribution in [0.4, 0.5) is 0 Å². The topological polar surface area (TPSA) is 69.6 Å². The lowest BCUT2D eigenvalue weighted by molar-refractivity contribution is -0.138. The highest BCUT2D eigenvalue weighted by Gasteiger charge is 2.33. The van der Waals surface area contributed by atoms with E-state index in [-0.39, 0.29) is 12.5 Å². The van der Waals surface area contributed by atoms with Crippen molar-refractivity contribution in [1.29, 1.82) is 0 Å². The molecule has 17 heavy (non-hydrogen) atoms. The van der Waals surface area contributed by atoms with Crippen LogP contribution in [0.15, 0.2) is 22.7 Å². The Hall–Kier alpha value is -1.78. The zero-order chi connectivity index (χ0) is 12.6. The largest absolute Gasteiger partial charge is 0.480 e. The van der Waals surface area contributed by atoms with Gasteiger partial charge in [0.25, 0.3) is 5.91 Å². The summed E-state index contributed by atoms with van der Waals surface area (Å²) >= 11 is 0. The van der Waals surface area contributed by atoms with E-state index >= 15 is 0 Å². The summed E-state index contributed by atoms with van der Waals surface area (Å²) in [6.45, 7) is 3.63. The van der Waals surface area contributed by atoms with Gasteiger partial charge in [0.2, 0.25) is 0 Å². The van der Waals surface area contributed by atoms with Crippen LogP contribution in [0, 0.1) is 0 Å². The van der Waals surface area contributed by atoms with E-state index in [9.17, 15) is 9.59 Å². The van der Waals surface area contributed by atoms with Crippen molar-refractivity contribution in [3.63, 3.8) is 0 Å². The van der Waals surface area contributed by atoms with Crippen LogP contribution >= 0.6 is 0 Å². The summed E-state index contributed by atoms with van der Waals surface area (Å²) in [6.07, 6.45) is 2.45. The molecule has 0 unspecified atom stereocenters. The maximum Gasteiger partial charge on any atom is 0.323 e. The van der Waals surface area contributed by atoms with Gasteiger partial charge in [-0.15, -0.1) is 0 Å². The molecule has 0 saturated carbocycles. The highest BCUT2D eigenvalue weighted by Crippen LogP contribution is 2.34. The fourth-order valence-electron chi connectivity index (χ4n) is 2.36. The van der Waals surface area contributed by atoms with Crippen molar-refractivity contribution in [1.82, 2.24) is 10.2 Å². The molecular weight excluding hydrogens is 220 g/mol. The van der Waals surface area contributed by atoms with Crippen molar-refractivity contribution >= 4 is 11.9 Å². The standard InChI is InChI=1S/C12H16N2O3/c1-7(2)11-13-12(17)8-4-3-5-9(8)14(11)6-10(15)16/h3-6H2,1-2H3,(H,13,17)(H,15,16). The predicted octanol–water partition coefficient (Wildman–Crippen LogP) is 1.19. The Morgan fingerprint density at radius 3 is 2.71 bits per heavy atom. The van der Waals surface area contributed by atoms with Gasteiger partial charge in [0.15, 0.2) is 0 Å². The van der Waals surface area contributed by atoms with E-state index in [1.54, 1.807) is 4.90 Å². The fourth-order valence-corrected chi connectivity index (χ4v) is 2.36. The number of rotatable bonds is 2. The molecule has 0 aromatic rings. The zero-order valence-corrected chi connectivity index (χ0v) is 10.0. The summed E-state index contributed by atoms with van der Waals surface area (Å²) in [5.74, 6) is -0.341. The fraction of sp³-hybridized carbons (Fsp3) is 0.500. The minimum atomic E-state index is -0.890. The van der Waals surface area contributed by atoms with Crippen molar-refractivity contribution in [2.45, 2.75) is 33.1 Å². The van der Waals surface area contributed by atoms with Crippen LogP contribution in [0.25, 0.3) is 0 Å². The zero-order valence-electron chi connectivity index (χ0n) is 10.0. The molecule has 2 N–H and O–H groups in total. The average Bonchev–Trinajstić information content (AvgIpc) is 2.70. The third-order valence-corrected chi connectivity index (χ3v) is 3.06. The van der Waals surface area contributed by atoms with Gasteiger partial charge in [0.05, 0.1) is 0 Å². The predicted molar refractivity (Wildman–Crippen MR) is 61.7 cm³/mol. The molecule has 1 amide bonds. The van der Waals surface area contributed by atoms with Crippen molar-refractivity contribution in [2.24, 2.45) is 0 Å². The Morgan fingerprint density at radius 1 is 1.41 bits per heavy atom. The number of carboxylic acid groups (broad SMARTS) is 1. The molecule has 5 heteroatoms. The maximum atomic E-state index is 11.8. The first-order valence-electron chi connectivity index (χ1n) is 5.71. The lowest BCUT2D eigenvalue weighted by Crippen LogP contribution is -2.43. The molecule has 0 spiro atoms. The first-order valence-corrected chi connectivity index (χ1v) is 5.71. The molecule has 1 aliphatic heterocycles. The van der Waals surface area contributed by atoms with Gasteiger partial charge in [-0.05, 0) is 38.7 Å². The molecular formula is C12H16N2O3. The average molecular weight is 236 g/mol. The number of nitrogens with zero attached hydrogens (tertiary/aromatic N) is 1. The van der Waals surface area contributed by atoms with E-state index in [1.807, 2.05) is 13.8 Å². The van der Waals surface area contributed by atoms with Gasteiger partial charge in [0, 0.05) is 11.3 Å². The SMILES string of the molecule is CC(C)=C1NC(=O)C2=C(CCC2)N1CC(=O)O. The summed E-state index contributed by atoms with van der Waals surface area (Å²) < 4.78 is 0. The molecule has 0 aromatic carbocycles. The van der Waals surface area contributed by atoms with E-state index in [4.69, 9.17) is 5.11 Å². The molecule has 1 heterocycles. The summed E-state index contributed by atoms with van der Waals surface area (Å²) in [6, 6.07) is 0. The summed E-state index contributed by atoms with van der Waals surface area (Å²) in [5, 5.41) is 11.7. The summed E-state index contributed by atoms with van der Waals surface area (Å²) in [7, 11) is 0. The van der Waals surface area contributed by atoms with Crippen LogP contribution in [-0.4, -0.2) is 28.4 Å². The van der Waals surface area contributed by atoms with Gasteiger partial charge in [-0.25, -0.2) is 0 Å². The monoisotopic (exact) mass is 236 g/mol. The maximum absolute atomic E-state index is 11.8. The Kier molecular flexibility index (Phi) is 2.92. The molecule has 0 saturated heterocycles. The van der Waals surface area contributed by atoms with Crippen LogP contribution in [-0.2, 0) is 9.59 Å². The summed E-state index contributed by atoms with van der Waals surface area (Å²) in [4.78, 5) is 24.5. The molecule has 0 bridgehead atoms. The Morgan fingerprint density at radius 2 is 2.12 bits per heavy atom. The number of amides is 1. The van der Waals surface area contributed by atoms with Crippen LogP contribution < -0.4 is 5.32 Å². The molecule has 92 valence electrons. The third kappa shape index (κ3) is 2.05. The number of hydrogen-bond donors (Lipinski definition) is 2. The minimum Gasteiger partial charge on any atom is -0.480 e. The highest BCUT2D eigenvalue weighted by atomic mass is 16.4. The van der Waals surface area contributed by atoms with Gasteiger partial charge >= 0.3 is 5.97 Å². The van der Waals surface area contributed by atoms with Gasteiger partial charge in [-0.1, -0.05) is 0 Å². The molecule has 2 aliphatic rings. The number of aliphatic carboxylic acids is 1. The van der Waals surface area contributed by atoms with Gasteiger partial charge in [-0.3, -0.25) is 9.59 Å². The lowest BCUT2D eigenvalue weighted by Gasteiger charge is -2.33.